The molecular weight excluding hydrogens is 295 g/mol. The lowest BCUT2D eigenvalue weighted by atomic mass is 10.1. The number of ether oxygens (including phenoxy) is 1. The number of nitrogens with zero attached hydrogens (tertiary/aromatic N) is 1. The van der Waals surface area contributed by atoms with Gasteiger partial charge < -0.3 is 9.30 Å². The van der Waals surface area contributed by atoms with Crippen LogP contribution < -0.4 is 10.3 Å². The first-order valence-electron chi connectivity index (χ1n) is 6.81. The Morgan fingerprint density at radius 2 is 1.68 bits per heavy atom. The number of aryl methyl sites for hydroxylation is 1. The van der Waals surface area contributed by atoms with Crippen molar-refractivity contribution in [3.8, 4) is 16.9 Å². The molecule has 0 aliphatic heterocycles. The van der Waals surface area contributed by atoms with Crippen LogP contribution in [0.3, 0.4) is 0 Å². The minimum absolute atomic E-state index is 0.0440. The van der Waals surface area contributed by atoms with Gasteiger partial charge in [-0.05, 0) is 35.7 Å². The second kappa shape index (κ2) is 6.68. The molecule has 6 heteroatoms. The van der Waals surface area contributed by atoms with E-state index >= 15 is 0 Å². The van der Waals surface area contributed by atoms with Gasteiger partial charge >= 0.3 is 6.18 Å². The van der Waals surface area contributed by atoms with Gasteiger partial charge in [-0.3, -0.25) is 4.79 Å². The van der Waals surface area contributed by atoms with E-state index in [0.29, 0.717) is 5.75 Å². The predicted molar refractivity (Wildman–Crippen MR) is 78.0 cm³/mol. The van der Waals surface area contributed by atoms with Crippen LogP contribution >= 0.6 is 0 Å². The van der Waals surface area contributed by atoms with Gasteiger partial charge in [0, 0.05) is 25.2 Å². The summed E-state index contributed by atoms with van der Waals surface area (Å²) >= 11 is 0. The summed E-state index contributed by atoms with van der Waals surface area (Å²) in [4.78, 5) is 11.7. The van der Waals surface area contributed by atoms with Crippen LogP contribution in [0.1, 0.15) is 12.8 Å². The Hall–Kier alpha value is -2.24. The number of hydrogen-bond donors (Lipinski definition) is 0. The highest BCUT2D eigenvalue weighted by Gasteiger charge is 2.26. The van der Waals surface area contributed by atoms with Crippen LogP contribution in [0.25, 0.3) is 11.1 Å². The summed E-state index contributed by atoms with van der Waals surface area (Å²) < 4.78 is 42.9. The van der Waals surface area contributed by atoms with Crippen molar-refractivity contribution in [3.05, 3.63) is 52.9 Å². The number of hydrogen-bond acceptors (Lipinski definition) is 2. The van der Waals surface area contributed by atoms with Crippen LogP contribution in [0, 0.1) is 0 Å². The third kappa shape index (κ3) is 4.38. The summed E-state index contributed by atoms with van der Waals surface area (Å²) in [5.74, 6) is 0.710. The normalized spacial score (nSPS) is 11.5. The molecule has 0 N–H and O–H groups in total. The smallest absolute Gasteiger partial charge is 0.389 e. The van der Waals surface area contributed by atoms with Gasteiger partial charge in [-0.25, -0.2) is 0 Å². The highest BCUT2D eigenvalue weighted by molar-refractivity contribution is 5.63. The summed E-state index contributed by atoms with van der Waals surface area (Å²) in [6.45, 7) is 0.0440. The summed E-state index contributed by atoms with van der Waals surface area (Å²) in [6.07, 6.45) is -3.63. The Labute approximate surface area is 126 Å². The summed E-state index contributed by atoms with van der Waals surface area (Å²) in [7, 11) is 1.57. The van der Waals surface area contributed by atoms with Crippen molar-refractivity contribution in [2.45, 2.75) is 25.6 Å². The number of rotatable bonds is 5. The average Bonchev–Trinajstić information content (AvgIpc) is 2.48. The molecule has 1 aromatic carbocycles. The summed E-state index contributed by atoms with van der Waals surface area (Å²) in [6, 6.07) is 10.3. The Bertz CT molecular complexity index is 675. The second-order valence-electron chi connectivity index (χ2n) is 4.90. The SMILES string of the molecule is COc1ccc(-c2ccc(=O)n(CCCC(F)(F)F)c2)cc1. The second-order valence-corrected chi connectivity index (χ2v) is 4.90. The van der Waals surface area contributed by atoms with E-state index in [0.717, 1.165) is 11.1 Å². The number of pyridine rings is 1. The van der Waals surface area contributed by atoms with Crippen LogP contribution in [0.15, 0.2) is 47.4 Å². The molecular formula is C16H16F3NO2. The minimum Gasteiger partial charge on any atom is -0.497 e. The van der Waals surface area contributed by atoms with Gasteiger partial charge in [0.2, 0.25) is 0 Å². The Morgan fingerprint density at radius 3 is 2.27 bits per heavy atom. The third-order valence-corrected chi connectivity index (χ3v) is 3.27. The lowest BCUT2D eigenvalue weighted by Crippen LogP contribution is -2.19. The Kier molecular flexibility index (Phi) is 4.90. The van der Waals surface area contributed by atoms with Crippen molar-refractivity contribution in [2.24, 2.45) is 0 Å². The molecule has 0 amide bonds. The first kappa shape index (κ1) is 16.1. The van der Waals surface area contributed by atoms with Gasteiger partial charge in [-0.15, -0.1) is 0 Å². The summed E-state index contributed by atoms with van der Waals surface area (Å²) in [5, 5.41) is 0. The van der Waals surface area contributed by atoms with Gasteiger partial charge in [-0.1, -0.05) is 12.1 Å². The summed E-state index contributed by atoms with van der Waals surface area (Å²) in [5.41, 5.74) is 1.33. The van der Waals surface area contributed by atoms with Crippen molar-refractivity contribution >= 4 is 0 Å². The van der Waals surface area contributed by atoms with Gasteiger partial charge in [0.15, 0.2) is 0 Å². The first-order valence-corrected chi connectivity index (χ1v) is 6.81. The van der Waals surface area contributed by atoms with Gasteiger partial charge in [0.1, 0.15) is 5.75 Å². The zero-order valence-corrected chi connectivity index (χ0v) is 12.1. The Morgan fingerprint density at radius 1 is 1.05 bits per heavy atom. The van der Waals surface area contributed by atoms with E-state index in [1.54, 1.807) is 31.5 Å². The number of halogens is 3. The van der Waals surface area contributed by atoms with Gasteiger partial charge in [0.25, 0.3) is 5.56 Å². The van der Waals surface area contributed by atoms with E-state index in [4.69, 9.17) is 4.74 Å². The molecule has 0 atom stereocenters. The number of benzene rings is 1. The molecule has 1 heterocycles. The van der Waals surface area contributed by atoms with Crippen LogP contribution in [0.4, 0.5) is 13.2 Å². The lowest BCUT2D eigenvalue weighted by Gasteiger charge is -2.10. The highest BCUT2D eigenvalue weighted by Crippen LogP contribution is 2.23. The molecule has 0 spiro atoms. The molecule has 0 aliphatic carbocycles. The van der Waals surface area contributed by atoms with Crippen LogP contribution in [0.2, 0.25) is 0 Å². The lowest BCUT2D eigenvalue weighted by molar-refractivity contribution is -0.135. The quantitative estimate of drug-likeness (QED) is 0.839. The molecule has 0 saturated heterocycles. The molecule has 2 rings (SSSR count). The van der Waals surface area contributed by atoms with E-state index in [9.17, 15) is 18.0 Å². The monoisotopic (exact) mass is 311 g/mol. The maximum atomic E-state index is 12.2. The fourth-order valence-corrected chi connectivity index (χ4v) is 2.11. The molecule has 0 fully saturated rings. The molecule has 0 aliphatic rings. The number of aromatic nitrogens is 1. The predicted octanol–water partition coefficient (Wildman–Crippen LogP) is 3.87. The van der Waals surface area contributed by atoms with Crippen molar-refractivity contribution in [1.82, 2.24) is 4.57 Å². The molecule has 0 saturated carbocycles. The Balaban J connectivity index is 2.16. The third-order valence-electron chi connectivity index (χ3n) is 3.27. The largest absolute Gasteiger partial charge is 0.497 e. The highest BCUT2D eigenvalue weighted by atomic mass is 19.4. The van der Waals surface area contributed by atoms with Crippen molar-refractivity contribution in [1.29, 1.82) is 0 Å². The molecule has 0 bridgehead atoms. The molecule has 118 valence electrons. The first-order chi connectivity index (χ1) is 10.4. The molecule has 2 aromatic rings. The van der Waals surface area contributed by atoms with Gasteiger partial charge in [-0.2, -0.15) is 13.2 Å². The van der Waals surface area contributed by atoms with E-state index in [1.165, 1.54) is 10.6 Å². The maximum Gasteiger partial charge on any atom is 0.389 e. The number of alkyl halides is 3. The van der Waals surface area contributed by atoms with E-state index < -0.39 is 12.6 Å². The minimum atomic E-state index is -4.20. The fourth-order valence-electron chi connectivity index (χ4n) is 2.11. The van der Waals surface area contributed by atoms with Crippen LogP contribution in [0.5, 0.6) is 5.75 Å². The number of methoxy groups -OCH3 is 1. The molecule has 22 heavy (non-hydrogen) atoms. The van der Waals surface area contributed by atoms with Crippen LogP contribution in [-0.2, 0) is 6.54 Å². The average molecular weight is 311 g/mol. The van der Waals surface area contributed by atoms with E-state index in [-0.39, 0.29) is 18.5 Å². The van der Waals surface area contributed by atoms with E-state index in [1.807, 2.05) is 12.1 Å². The molecule has 0 unspecified atom stereocenters. The molecule has 1 aromatic heterocycles. The van der Waals surface area contributed by atoms with Gasteiger partial charge in [0.05, 0.1) is 7.11 Å². The zero-order valence-electron chi connectivity index (χ0n) is 12.1. The standard InChI is InChI=1S/C16H16F3NO2/c1-22-14-6-3-12(4-7-14)13-5-8-15(21)20(11-13)10-2-9-16(17,18)19/h3-8,11H,2,9-10H2,1H3. The topological polar surface area (TPSA) is 31.2 Å². The van der Waals surface area contributed by atoms with E-state index in [2.05, 4.69) is 0 Å². The van der Waals surface area contributed by atoms with Crippen molar-refractivity contribution in [3.63, 3.8) is 0 Å². The molecule has 0 radical (unpaired) electrons. The van der Waals surface area contributed by atoms with Crippen molar-refractivity contribution in [2.75, 3.05) is 7.11 Å². The fraction of sp³-hybridized carbons (Fsp3) is 0.312. The van der Waals surface area contributed by atoms with Crippen LogP contribution in [-0.4, -0.2) is 17.9 Å². The van der Waals surface area contributed by atoms with Crippen molar-refractivity contribution < 1.29 is 17.9 Å². The zero-order chi connectivity index (χ0) is 16.2. The maximum absolute atomic E-state index is 12.2. The molecule has 3 nitrogen and oxygen atoms in total.